The van der Waals surface area contributed by atoms with Crippen molar-refractivity contribution in [2.24, 2.45) is 11.8 Å². The van der Waals surface area contributed by atoms with Crippen LogP contribution in [0.5, 0.6) is 5.75 Å². The van der Waals surface area contributed by atoms with Gasteiger partial charge in [-0.1, -0.05) is 18.5 Å². The van der Waals surface area contributed by atoms with Crippen molar-refractivity contribution in [1.29, 1.82) is 0 Å². The fourth-order valence-corrected chi connectivity index (χ4v) is 4.82. The van der Waals surface area contributed by atoms with Gasteiger partial charge in [0.2, 0.25) is 0 Å². The molecule has 3 N–H and O–H groups in total. The molecule has 0 unspecified atom stereocenters. The van der Waals surface area contributed by atoms with Crippen molar-refractivity contribution >= 4 is 29.3 Å². The predicted molar refractivity (Wildman–Crippen MR) is 138 cm³/mol. The van der Waals surface area contributed by atoms with E-state index in [-0.39, 0.29) is 17.7 Å². The molecule has 1 atom stereocenters. The third kappa shape index (κ3) is 6.64. The van der Waals surface area contributed by atoms with Gasteiger partial charge in [0, 0.05) is 31.1 Å². The van der Waals surface area contributed by atoms with Crippen molar-refractivity contribution in [2.45, 2.75) is 51.5 Å². The molecule has 0 bridgehead atoms. The van der Waals surface area contributed by atoms with Crippen LogP contribution in [0, 0.1) is 11.8 Å². The number of carbonyl (C=O) groups excluding carboxylic acids is 1. The Morgan fingerprint density at radius 2 is 1.89 bits per heavy atom. The number of methoxy groups -OCH3 is 2. The Balaban J connectivity index is 1.71. The number of amides is 1. The molecule has 0 aromatic carbocycles. The summed E-state index contributed by atoms with van der Waals surface area (Å²) < 4.78 is 11.1. The van der Waals surface area contributed by atoms with Crippen LogP contribution in [0.3, 0.4) is 0 Å². The van der Waals surface area contributed by atoms with E-state index in [0.717, 1.165) is 30.5 Å². The van der Waals surface area contributed by atoms with Gasteiger partial charge in [-0.3, -0.25) is 14.6 Å². The maximum absolute atomic E-state index is 12.7. The number of halogens is 1. The van der Waals surface area contributed by atoms with Gasteiger partial charge >= 0.3 is 5.97 Å². The highest BCUT2D eigenvalue weighted by Gasteiger charge is 2.32. The van der Waals surface area contributed by atoms with Crippen LogP contribution < -0.4 is 15.4 Å². The van der Waals surface area contributed by atoms with E-state index in [4.69, 9.17) is 26.2 Å². The van der Waals surface area contributed by atoms with E-state index >= 15 is 0 Å². The number of hydrogen-bond donors (Lipinski definition) is 3. The smallest absolute Gasteiger partial charge is 0.306 e. The molecule has 1 fully saturated rings. The number of aromatic nitrogens is 2. The zero-order chi connectivity index (χ0) is 26.3. The standard InChI is InChI=1S/C26H35ClN4O5/c1-5-19-11-20(22(36-4)14-28-19)26(2,15-35-3)31-23-21(27)10-18(13-29-23)24(32)30-12-16-6-8-17(9-7-16)25(33)34/h10-11,13-14,16-17H,5-9,12,15H2,1-4H3,(H,29,31)(H,30,32)(H,33,34)/t16?,17?,26-/m0/s1. The lowest BCUT2D eigenvalue weighted by molar-refractivity contribution is -0.143. The molecular weight excluding hydrogens is 484 g/mol. The third-order valence-electron chi connectivity index (χ3n) is 6.78. The average molecular weight is 519 g/mol. The first-order chi connectivity index (χ1) is 17.2. The summed E-state index contributed by atoms with van der Waals surface area (Å²) >= 11 is 6.55. The first-order valence-corrected chi connectivity index (χ1v) is 12.6. The summed E-state index contributed by atoms with van der Waals surface area (Å²) in [7, 11) is 3.21. The number of hydrogen-bond acceptors (Lipinski definition) is 7. The van der Waals surface area contributed by atoms with Crippen molar-refractivity contribution in [2.75, 3.05) is 32.7 Å². The molecule has 1 aliphatic carbocycles. The highest BCUT2D eigenvalue weighted by molar-refractivity contribution is 6.33. The van der Waals surface area contributed by atoms with Gasteiger partial charge in [0.1, 0.15) is 11.6 Å². The lowest BCUT2D eigenvalue weighted by atomic mass is 9.82. The summed E-state index contributed by atoms with van der Waals surface area (Å²) in [4.78, 5) is 32.7. The largest absolute Gasteiger partial charge is 0.495 e. The topological polar surface area (TPSA) is 123 Å². The van der Waals surface area contributed by atoms with Crippen molar-refractivity contribution in [3.05, 3.63) is 46.4 Å². The maximum atomic E-state index is 12.7. The molecule has 9 nitrogen and oxygen atoms in total. The molecule has 36 heavy (non-hydrogen) atoms. The Labute approximate surface area is 217 Å². The average Bonchev–Trinajstić information content (AvgIpc) is 2.88. The van der Waals surface area contributed by atoms with E-state index in [2.05, 4.69) is 20.6 Å². The van der Waals surface area contributed by atoms with Gasteiger partial charge in [-0.25, -0.2) is 4.98 Å². The Morgan fingerprint density at radius 3 is 2.47 bits per heavy atom. The number of ether oxygens (including phenoxy) is 2. The summed E-state index contributed by atoms with van der Waals surface area (Å²) in [5.41, 5.74) is 1.39. The Hall–Kier alpha value is -2.91. The normalized spacial score (nSPS) is 19.2. The number of nitrogens with zero attached hydrogens (tertiary/aromatic N) is 2. The minimum absolute atomic E-state index is 0.264. The highest BCUT2D eigenvalue weighted by Crippen LogP contribution is 2.35. The molecule has 1 amide bonds. The second-order valence-electron chi connectivity index (χ2n) is 9.44. The van der Waals surface area contributed by atoms with Gasteiger partial charge < -0.3 is 25.2 Å². The second kappa shape index (κ2) is 12.4. The lowest BCUT2D eigenvalue weighted by Gasteiger charge is -2.33. The van der Waals surface area contributed by atoms with E-state index < -0.39 is 11.5 Å². The molecule has 2 aromatic heterocycles. The number of nitrogens with one attached hydrogen (secondary N) is 2. The van der Waals surface area contributed by atoms with Crippen LogP contribution in [0.2, 0.25) is 5.02 Å². The van der Waals surface area contributed by atoms with Gasteiger partial charge in [-0.2, -0.15) is 0 Å². The number of aliphatic carboxylic acids is 1. The quantitative estimate of drug-likeness (QED) is 0.402. The number of pyridine rings is 2. The van der Waals surface area contributed by atoms with Crippen LogP contribution >= 0.6 is 11.6 Å². The molecule has 0 aliphatic heterocycles. The Kier molecular flexibility index (Phi) is 9.50. The van der Waals surface area contributed by atoms with E-state index in [9.17, 15) is 9.59 Å². The summed E-state index contributed by atoms with van der Waals surface area (Å²) in [6.45, 7) is 4.80. The van der Waals surface area contributed by atoms with Gasteiger partial charge in [0.15, 0.2) is 0 Å². The monoisotopic (exact) mass is 518 g/mol. The van der Waals surface area contributed by atoms with E-state index in [1.807, 2.05) is 19.9 Å². The lowest BCUT2D eigenvalue weighted by Crippen LogP contribution is -2.38. The number of carboxylic acids is 1. The number of carbonyl (C=O) groups is 2. The summed E-state index contributed by atoms with van der Waals surface area (Å²) in [6, 6.07) is 3.56. The molecule has 0 radical (unpaired) electrons. The van der Waals surface area contributed by atoms with Crippen LogP contribution in [-0.2, 0) is 21.5 Å². The number of anilines is 1. The maximum Gasteiger partial charge on any atom is 0.306 e. The van der Waals surface area contributed by atoms with E-state index in [0.29, 0.717) is 48.1 Å². The van der Waals surface area contributed by atoms with Gasteiger partial charge in [0.05, 0.1) is 42.0 Å². The second-order valence-corrected chi connectivity index (χ2v) is 9.85. The Bertz CT molecular complexity index is 1070. The minimum Gasteiger partial charge on any atom is -0.495 e. The van der Waals surface area contributed by atoms with Crippen molar-refractivity contribution < 1.29 is 24.2 Å². The molecule has 0 spiro atoms. The molecular formula is C26H35ClN4O5. The van der Waals surface area contributed by atoms with Gasteiger partial charge in [0.25, 0.3) is 5.91 Å². The summed E-state index contributed by atoms with van der Waals surface area (Å²) in [6.07, 6.45) is 6.81. The minimum atomic E-state index is -0.735. The Morgan fingerprint density at radius 1 is 1.17 bits per heavy atom. The van der Waals surface area contributed by atoms with E-state index in [1.165, 1.54) is 6.20 Å². The number of carboxylic acid groups (broad SMARTS) is 1. The van der Waals surface area contributed by atoms with Crippen LogP contribution in [-0.4, -0.2) is 54.3 Å². The zero-order valence-electron chi connectivity index (χ0n) is 21.3. The fourth-order valence-electron chi connectivity index (χ4n) is 4.61. The molecule has 10 heteroatoms. The number of aryl methyl sites for hydroxylation is 1. The number of rotatable bonds is 11. The molecule has 196 valence electrons. The van der Waals surface area contributed by atoms with Crippen LogP contribution in [0.4, 0.5) is 5.82 Å². The van der Waals surface area contributed by atoms with E-state index in [1.54, 1.807) is 26.5 Å². The molecule has 2 aromatic rings. The molecule has 0 saturated heterocycles. The van der Waals surface area contributed by atoms with Crippen LogP contribution in [0.15, 0.2) is 24.5 Å². The highest BCUT2D eigenvalue weighted by atomic mass is 35.5. The molecule has 2 heterocycles. The first kappa shape index (κ1) is 27.7. The van der Waals surface area contributed by atoms with Gasteiger partial charge in [-0.15, -0.1) is 0 Å². The van der Waals surface area contributed by atoms with Crippen molar-refractivity contribution in [3.8, 4) is 5.75 Å². The predicted octanol–water partition coefficient (Wildman–Crippen LogP) is 4.30. The molecule has 1 aliphatic rings. The third-order valence-corrected chi connectivity index (χ3v) is 7.07. The molecule has 3 rings (SSSR count). The van der Waals surface area contributed by atoms with Crippen molar-refractivity contribution in [1.82, 2.24) is 15.3 Å². The summed E-state index contributed by atoms with van der Waals surface area (Å²) in [5.74, 6) is 0.0259. The first-order valence-electron chi connectivity index (χ1n) is 12.2. The van der Waals surface area contributed by atoms with Crippen molar-refractivity contribution in [3.63, 3.8) is 0 Å². The molecule has 1 saturated carbocycles. The van der Waals surface area contributed by atoms with Crippen LogP contribution in [0.25, 0.3) is 0 Å². The summed E-state index contributed by atoms with van der Waals surface area (Å²) in [5, 5.41) is 15.8. The SMILES string of the molecule is CCc1cc([C@](C)(COC)Nc2ncc(C(=O)NCC3CCC(C(=O)O)CC3)cc2Cl)c(OC)cn1. The van der Waals surface area contributed by atoms with Crippen LogP contribution in [0.1, 0.15) is 61.1 Å². The zero-order valence-corrected chi connectivity index (χ0v) is 22.0. The van der Waals surface area contributed by atoms with Gasteiger partial charge in [-0.05, 0) is 57.1 Å². The fraction of sp³-hybridized carbons (Fsp3) is 0.538.